The van der Waals surface area contributed by atoms with Crippen molar-refractivity contribution in [3.05, 3.63) is 81.9 Å². The minimum Gasteiger partial charge on any atom is -0.352 e. The maximum absolute atomic E-state index is 12.3. The maximum Gasteiger partial charge on any atom is 0.261 e. The third-order valence-electron chi connectivity index (χ3n) is 4.46. The molecule has 3 rings (SSSR count). The normalized spacial score (nSPS) is 11.8. The lowest BCUT2D eigenvalue weighted by Gasteiger charge is -2.20. The Morgan fingerprint density at radius 2 is 1.93 bits per heavy atom. The molecule has 0 aliphatic rings. The molecule has 0 bridgehead atoms. The number of halogens is 2. The van der Waals surface area contributed by atoms with Crippen LogP contribution in [-0.4, -0.2) is 37.7 Å². The molecule has 7 nitrogen and oxygen atoms in total. The number of rotatable bonds is 9. The predicted molar refractivity (Wildman–Crippen MR) is 119 cm³/mol. The molecule has 1 aromatic heterocycles. The van der Waals surface area contributed by atoms with Crippen LogP contribution in [-0.2, 0) is 24.1 Å². The van der Waals surface area contributed by atoms with Gasteiger partial charge in [-0.1, -0.05) is 35.3 Å². The van der Waals surface area contributed by atoms with Crippen molar-refractivity contribution in [3.63, 3.8) is 0 Å². The van der Waals surface area contributed by atoms with Crippen molar-refractivity contribution in [2.75, 3.05) is 17.4 Å². The van der Waals surface area contributed by atoms with E-state index < -0.39 is 11.3 Å². The van der Waals surface area contributed by atoms with Gasteiger partial charge in [0.1, 0.15) is 0 Å². The molecule has 3 N–H and O–H groups in total. The number of nitrogens with one attached hydrogen (secondary N) is 2. The van der Waals surface area contributed by atoms with Gasteiger partial charge in [-0.05, 0) is 42.3 Å². The van der Waals surface area contributed by atoms with Gasteiger partial charge in [0.25, 0.3) is 17.2 Å². The number of amides is 1. The first-order valence-corrected chi connectivity index (χ1v) is 10.9. The van der Waals surface area contributed by atoms with Gasteiger partial charge >= 0.3 is 0 Å². The molecule has 0 aliphatic carbocycles. The molecule has 1 unspecified atom stereocenters. The van der Waals surface area contributed by atoms with Crippen LogP contribution >= 0.6 is 23.2 Å². The molecule has 30 heavy (non-hydrogen) atoms. The molecule has 10 heteroatoms. The highest BCUT2D eigenvalue weighted by atomic mass is 35.5. The van der Waals surface area contributed by atoms with E-state index in [0.29, 0.717) is 40.7 Å². The SMILES string of the molecule is O=C(NCCc1cnc[nH]1)c1ccc(N(CCc2cccc(Cl)c2Cl)S(=O)O)cc1. The van der Waals surface area contributed by atoms with Crippen LogP contribution in [0.2, 0.25) is 10.0 Å². The number of hydrogen-bond donors (Lipinski definition) is 3. The molecule has 0 aliphatic heterocycles. The predicted octanol–water partition coefficient (Wildman–Crippen LogP) is 3.87. The Balaban J connectivity index is 1.60. The van der Waals surface area contributed by atoms with E-state index in [0.717, 1.165) is 11.3 Å². The van der Waals surface area contributed by atoms with Crippen LogP contribution in [0.15, 0.2) is 55.0 Å². The smallest absolute Gasteiger partial charge is 0.261 e. The number of nitrogens with zero attached hydrogens (tertiary/aromatic N) is 2. The number of imidazole rings is 1. The topological polar surface area (TPSA) is 98.3 Å². The minimum atomic E-state index is -2.23. The zero-order valence-electron chi connectivity index (χ0n) is 15.8. The van der Waals surface area contributed by atoms with Crippen molar-refractivity contribution < 1.29 is 13.6 Å². The van der Waals surface area contributed by atoms with Crippen molar-refractivity contribution in [3.8, 4) is 0 Å². The number of hydrogen-bond acceptors (Lipinski definition) is 3. The second-order valence-electron chi connectivity index (χ2n) is 6.43. The fourth-order valence-electron chi connectivity index (χ4n) is 2.87. The van der Waals surface area contributed by atoms with E-state index >= 15 is 0 Å². The molecule has 3 aromatic rings. The molecule has 0 fully saturated rings. The van der Waals surface area contributed by atoms with Gasteiger partial charge in [0.2, 0.25) is 0 Å². The molecular weight excluding hydrogens is 447 g/mol. The van der Waals surface area contributed by atoms with Crippen LogP contribution in [0.1, 0.15) is 21.6 Å². The lowest BCUT2D eigenvalue weighted by atomic mass is 10.1. The molecule has 1 heterocycles. The summed E-state index contributed by atoms with van der Waals surface area (Å²) in [7, 11) is 0. The summed E-state index contributed by atoms with van der Waals surface area (Å²) in [4.78, 5) is 19.2. The Bertz CT molecular complexity index is 1010. The van der Waals surface area contributed by atoms with Crippen molar-refractivity contribution in [2.45, 2.75) is 12.8 Å². The first-order chi connectivity index (χ1) is 14.5. The Morgan fingerprint density at radius 1 is 1.17 bits per heavy atom. The summed E-state index contributed by atoms with van der Waals surface area (Å²) in [6.07, 6.45) is 4.38. The largest absolute Gasteiger partial charge is 0.352 e. The first-order valence-electron chi connectivity index (χ1n) is 9.12. The van der Waals surface area contributed by atoms with Crippen LogP contribution < -0.4 is 9.62 Å². The zero-order valence-corrected chi connectivity index (χ0v) is 18.2. The molecule has 0 spiro atoms. The van der Waals surface area contributed by atoms with E-state index in [4.69, 9.17) is 23.2 Å². The standard InChI is InChI=1S/C20H20Cl2N4O3S/c21-18-3-1-2-14(19(18)22)9-11-26(30(28)29)17-6-4-15(5-7-17)20(27)24-10-8-16-12-23-13-25-16/h1-7,12-13H,8-11H2,(H,23,25)(H,24,27)(H,28,29). The molecule has 0 saturated carbocycles. The average Bonchev–Trinajstić information content (AvgIpc) is 3.25. The Hall–Kier alpha value is -2.39. The third kappa shape index (κ3) is 5.82. The highest BCUT2D eigenvalue weighted by molar-refractivity contribution is 7.80. The second kappa shape index (κ2) is 10.6. The molecular formula is C20H20Cl2N4O3S. The molecule has 2 aromatic carbocycles. The van der Waals surface area contributed by atoms with Gasteiger partial charge in [-0.2, -0.15) is 0 Å². The number of aromatic amines is 1. The number of benzene rings is 2. The maximum atomic E-state index is 12.3. The third-order valence-corrected chi connectivity index (χ3v) is 6.09. The van der Waals surface area contributed by atoms with Gasteiger partial charge in [0.15, 0.2) is 0 Å². The number of aromatic nitrogens is 2. The highest BCUT2D eigenvalue weighted by Gasteiger charge is 2.15. The van der Waals surface area contributed by atoms with E-state index in [-0.39, 0.29) is 12.5 Å². The monoisotopic (exact) mass is 466 g/mol. The summed E-state index contributed by atoms with van der Waals surface area (Å²) >= 11 is 9.98. The summed E-state index contributed by atoms with van der Waals surface area (Å²) < 4.78 is 22.9. The molecule has 0 saturated heterocycles. The van der Waals surface area contributed by atoms with Gasteiger partial charge in [-0.3, -0.25) is 13.7 Å². The van der Waals surface area contributed by atoms with E-state index in [1.807, 2.05) is 6.07 Å². The summed E-state index contributed by atoms with van der Waals surface area (Å²) in [6.45, 7) is 0.717. The summed E-state index contributed by atoms with van der Waals surface area (Å²) in [6, 6.07) is 11.8. The van der Waals surface area contributed by atoms with Crippen molar-refractivity contribution in [2.24, 2.45) is 0 Å². The minimum absolute atomic E-state index is 0.219. The summed E-state index contributed by atoms with van der Waals surface area (Å²) in [5.41, 5.74) is 2.70. The second-order valence-corrected chi connectivity index (χ2v) is 8.11. The van der Waals surface area contributed by atoms with E-state index in [9.17, 15) is 13.6 Å². The quantitative estimate of drug-likeness (QED) is 0.416. The number of carbonyl (C=O) groups excluding carboxylic acids is 1. The van der Waals surface area contributed by atoms with Gasteiger partial charge < -0.3 is 10.3 Å². The zero-order chi connectivity index (χ0) is 21.5. The van der Waals surface area contributed by atoms with Crippen LogP contribution in [0, 0.1) is 0 Å². The van der Waals surface area contributed by atoms with Crippen molar-refractivity contribution >= 4 is 46.1 Å². The van der Waals surface area contributed by atoms with Crippen LogP contribution in [0.4, 0.5) is 5.69 Å². The molecule has 1 atom stereocenters. The summed E-state index contributed by atoms with van der Waals surface area (Å²) in [5.74, 6) is -0.219. The van der Waals surface area contributed by atoms with E-state index in [1.54, 1.807) is 48.9 Å². The fraction of sp³-hybridized carbons (Fsp3) is 0.200. The Labute approximate surface area is 186 Å². The Kier molecular flexibility index (Phi) is 7.87. The lowest BCUT2D eigenvalue weighted by Crippen LogP contribution is -2.28. The highest BCUT2D eigenvalue weighted by Crippen LogP contribution is 2.26. The molecule has 158 valence electrons. The van der Waals surface area contributed by atoms with Crippen LogP contribution in [0.25, 0.3) is 0 Å². The summed E-state index contributed by atoms with van der Waals surface area (Å²) in [5, 5.41) is 3.70. The van der Waals surface area contributed by atoms with Crippen LogP contribution in [0.3, 0.4) is 0 Å². The number of anilines is 1. The van der Waals surface area contributed by atoms with Crippen molar-refractivity contribution in [1.82, 2.24) is 15.3 Å². The van der Waals surface area contributed by atoms with Gasteiger partial charge in [-0.25, -0.2) is 9.19 Å². The number of carbonyl (C=O) groups is 1. The van der Waals surface area contributed by atoms with Gasteiger partial charge in [0, 0.05) is 37.0 Å². The van der Waals surface area contributed by atoms with Gasteiger partial charge in [0.05, 0.1) is 22.1 Å². The lowest BCUT2D eigenvalue weighted by molar-refractivity contribution is 0.0954. The average molecular weight is 467 g/mol. The van der Waals surface area contributed by atoms with E-state index in [2.05, 4.69) is 15.3 Å². The van der Waals surface area contributed by atoms with Gasteiger partial charge in [-0.15, -0.1) is 0 Å². The number of H-pyrrole nitrogens is 1. The fourth-order valence-corrected chi connectivity index (χ4v) is 3.84. The molecule has 1 amide bonds. The van der Waals surface area contributed by atoms with E-state index in [1.165, 1.54) is 4.31 Å². The Morgan fingerprint density at radius 3 is 2.60 bits per heavy atom. The van der Waals surface area contributed by atoms with Crippen molar-refractivity contribution in [1.29, 1.82) is 0 Å². The van der Waals surface area contributed by atoms with Crippen LogP contribution in [0.5, 0.6) is 0 Å². The first kappa shape index (κ1) is 22.3. The molecule has 0 radical (unpaired) electrons.